The molecule has 1 unspecified atom stereocenters. The van der Waals surface area contributed by atoms with Gasteiger partial charge in [0.2, 0.25) is 5.91 Å². The van der Waals surface area contributed by atoms with E-state index in [4.69, 9.17) is 5.73 Å². The van der Waals surface area contributed by atoms with Gasteiger partial charge in [-0.25, -0.2) is 0 Å². The molecule has 0 saturated carbocycles. The third-order valence-corrected chi connectivity index (χ3v) is 2.71. The molecule has 4 nitrogen and oxygen atoms in total. The lowest BCUT2D eigenvalue weighted by atomic mass is 10.1. The number of nitrogens with zero attached hydrogens (tertiary/aromatic N) is 1. The molecule has 2 atom stereocenters. The van der Waals surface area contributed by atoms with Crippen molar-refractivity contribution in [3.8, 4) is 0 Å². The van der Waals surface area contributed by atoms with E-state index in [0.717, 1.165) is 19.4 Å². The van der Waals surface area contributed by atoms with Crippen molar-refractivity contribution in [1.29, 1.82) is 0 Å². The molecule has 1 fully saturated rings. The molecular weight excluding hydrogens is 168 g/mol. The number of carbonyl (C=O) groups is 1. The van der Waals surface area contributed by atoms with Gasteiger partial charge in [-0.2, -0.15) is 0 Å². The van der Waals surface area contributed by atoms with Gasteiger partial charge in [-0.3, -0.25) is 9.69 Å². The van der Waals surface area contributed by atoms with Gasteiger partial charge in [0.1, 0.15) is 6.10 Å². The molecule has 3 N–H and O–H groups in total. The Balaban J connectivity index is 2.39. The normalized spacial score (nSPS) is 26.2. The van der Waals surface area contributed by atoms with Crippen molar-refractivity contribution >= 4 is 5.91 Å². The van der Waals surface area contributed by atoms with E-state index >= 15 is 0 Å². The average molecular weight is 186 g/mol. The Morgan fingerprint density at radius 3 is 3.00 bits per heavy atom. The summed E-state index contributed by atoms with van der Waals surface area (Å²) in [5, 5.41) is 9.28. The first-order valence-corrected chi connectivity index (χ1v) is 4.86. The van der Waals surface area contributed by atoms with E-state index in [1.165, 1.54) is 6.42 Å². The molecule has 0 aromatic rings. The predicted octanol–water partition coefficient (Wildman–Crippen LogP) is -0.293. The highest BCUT2D eigenvalue weighted by Crippen LogP contribution is 2.19. The molecule has 1 heterocycles. The summed E-state index contributed by atoms with van der Waals surface area (Å²) in [5.41, 5.74) is 4.99. The number of aliphatic hydroxyl groups excluding tert-OH is 1. The van der Waals surface area contributed by atoms with Gasteiger partial charge in [-0.15, -0.1) is 0 Å². The topological polar surface area (TPSA) is 66.6 Å². The Morgan fingerprint density at radius 2 is 2.46 bits per heavy atom. The van der Waals surface area contributed by atoms with Crippen molar-refractivity contribution in [2.75, 3.05) is 13.1 Å². The Kier molecular flexibility index (Phi) is 3.69. The zero-order valence-electron chi connectivity index (χ0n) is 8.07. The second-order valence-electron chi connectivity index (χ2n) is 3.62. The number of hydrogen-bond donors (Lipinski definition) is 2. The van der Waals surface area contributed by atoms with Crippen molar-refractivity contribution in [3.63, 3.8) is 0 Å². The Hall–Kier alpha value is -0.610. The molecule has 0 aliphatic carbocycles. The van der Waals surface area contributed by atoms with Gasteiger partial charge in [0.15, 0.2) is 0 Å². The highest BCUT2D eigenvalue weighted by atomic mass is 16.3. The van der Waals surface area contributed by atoms with Gasteiger partial charge in [0, 0.05) is 12.6 Å². The van der Waals surface area contributed by atoms with Crippen LogP contribution in [-0.4, -0.2) is 41.1 Å². The van der Waals surface area contributed by atoms with Gasteiger partial charge in [-0.1, -0.05) is 6.92 Å². The average Bonchev–Trinajstić information content (AvgIpc) is 2.51. The second-order valence-corrected chi connectivity index (χ2v) is 3.62. The van der Waals surface area contributed by atoms with Crippen molar-refractivity contribution in [1.82, 2.24) is 4.90 Å². The monoisotopic (exact) mass is 186 g/mol. The van der Waals surface area contributed by atoms with Crippen LogP contribution in [-0.2, 0) is 4.79 Å². The molecule has 4 heteroatoms. The summed E-state index contributed by atoms with van der Waals surface area (Å²) < 4.78 is 0. The van der Waals surface area contributed by atoms with Crippen LogP contribution in [0.25, 0.3) is 0 Å². The van der Waals surface area contributed by atoms with Gasteiger partial charge >= 0.3 is 0 Å². The quantitative estimate of drug-likeness (QED) is 0.634. The molecule has 0 bridgehead atoms. The number of nitrogens with two attached hydrogens (primary N) is 1. The minimum Gasteiger partial charge on any atom is -0.382 e. The highest BCUT2D eigenvalue weighted by Gasteiger charge is 2.26. The molecule has 0 aromatic carbocycles. The fourth-order valence-corrected chi connectivity index (χ4v) is 1.91. The van der Waals surface area contributed by atoms with Crippen LogP contribution in [0.5, 0.6) is 0 Å². The van der Waals surface area contributed by atoms with Crippen LogP contribution in [0.3, 0.4) is 0 Å². The molecule has 0 aromatic heterocycles. The summed E-state index contributed by atoms with van der Waals surface area (Å²) in [4.78, 5) is 12.8. The molecule has 1 aliphatic heterocycles. The second kappa shape index (κ2) is 4.58. The minimum atomic E-state index is -1.01. The Morgan fingerprint density at radius 1 is 1.77 bits per heavy atom. The molecule has 13 heavy (non-hydrogen) atoms. The first kappa shape index (κ1) is 10.5. The lowest BCUT2D eigenvalue weighted by molar-refractivity contribution is -0.127. The van der Waals surface area contributed by atoms with Crippen LogP contribution < -0.4 is 5.73 Å². The summed E-state index contributed by atoms with van der Waals surface area (Å²) in [6.07, 6.45) is 2.39. The number of carbonyl (C=O) groups excluding carboxylic acids is 1. The van der Waals surface area contributed by atoms with Crippen LogP contribution in [0, 0.1) is 0 Å². The zero-order valence-corrected chi connectivity index (χ0v) is 8.07. The van der Waals surface area contributed by atoms with E-state index in [-0.39, 0.29) is 0 Å². The Bertz CT molecular complexity index is 184. The third-order valence-electron chi connectivity index (χ3n) is 2.71. The van der Waals surface area contributed by atoms with Crippen molar-refractivity contribution in [2.24, 2.45) is 5.73 Å². The molecule has 0 spiro atoms. The van der Waals surface area contributed by atoms with Crippen LogP contribution >= 0.6 is 0 Å². The number of amides is 1. The summed E-state index contributed by atoms with van der Waals surface area (Å²) in [7, 11) is 0. The lowest BCUT2D eigenvalue weighted by Crippen LogP contribution is -2.42. The van der Waals surface area contributed by atoms with Crippen molar-refractivity contribution < 1.29 is 9.90 Å². The van der Waals surface area contributed by atoms with E-state index in [0.29, 0.717) is 12.6 Å². The summed E-state index contributed by atoms with van der Waals surface area (Å²) in [5.74, 6) is -0.623. The third kappa shape index (κ3) is 2.67. The van der Waals surface area contributed by atoms with E-state index in [9.17, 15) is 9.90 Å². The van der Waals surface area contributed by atoms with Crippen LogP contribution in [0.4, 0.5) is 0 Å². The van der Waals surface area contributed by atoms with E-state index in [1.807, 2.05) is 0 Å². The van der Waals surface area contributed by atoms with E-state index in [1.54, 1.807) is 0 Å². The molecule has 1 aliphatic rings. The fourth-order valence-electron chi connectivity index (χ4n) is 1.91. The standard InChI is InChI=1S/C9H18N2O2/c1-2-7-4-3-5-11(7)6-8(12)9(10)13/h7-8,12H,2-6H2,1H3,(H2,10,13)/t7?,8-/m1/s1. The first-order chi connectivity index (χ1) is 6.15. The number of hydrogen-bond acceptors (Lipinski definition) is 3. The minimum absolute atomic E-state index is 0.397. The van der Waals surface area contributed by atoms with Gasteiger partial charge in [0.05, 0.1) is 0 Å². The maximum absolute atomic E-state index is 10.6. The van der Waals surface area contributed by atoms with E-state index in [2.05, 4.69) is 11.8 Å². The van der Waals surface area contributed by atoms with E-state index < -0.39 is 12.0 Å². The number of β-amino-alcohol motifs (C(OH)–C–C–N with tert-alkyl or cyclic N) is 1. The number of rotatable bonds is 4. The number of primary amides is 1. The predicted molar refractivity (Wildman–Crippen MR) is 50.1 cm³/mol. The van der Waals surface area contributed by atoms with Gasteiger partial charge in [-0.05, 0) is 25.8 Å². The first-order valence-electron chi connectivity index (χ1n) is 4.86. The molecule has 76 valence electrons. The Labute approximate surface area is 78.7 Å². The van der Waals surface area contributed by atoms with Gasteiger partial charge in [0.25, 0.3) is 0 Å². The molecular formula is C9H18N2O2. The smallest absolute Gasteiger partial charge is 0.247 e. The summed E-state index contributed by atoms with van der Waals surface area (Å²) in [6, 6.07) is 0.522. The van der Waals surface area contributed by atoms with Crippen LogP contribution in [0.15, 0.2) is 0 Å². The highest BCUT2D eigenvalue weighted by molar-refractivity contribution is 5.78. The fraction of sp³-hybridized carbons (Fsp3) is 0.889. The van der Waals surface area contributed by atoms with Crippen LogP contribution in [0.1, 0.15) is 26.2 Å². The molecule has 0 radical (unpaired) electrons. The summed E-state index contributed by atoms with van der Waals surface area (Å²) >= 11 is 0. The van der Waals surface area contributed by atoms with Gasteiger partial charge < -0.3 is 10.8 Å². The number of aliphatic hydroxyl groups is 1. The summed E-state index contributed by atoms with van der Waals surface area (Å²) in [6.45, 7) is 3.50. The number of likely N-dealkylation sites (tertiary alicyclic amines) is 1. The molecule has 1 amide bonds. The maximum Gasteiger partial charge on any atom is 0.247 e. The largest absolute Gasteiger partial charge is 0.382 e. The van der Waals surface area contributed by atoms with Crippen LogP contribution in [0.2, 0.25) is 0 Å². The zero-order chi connectivity index (χ0) is 9.84. The molecule has 1 saturated heterocycles. The lowest BCUT2D eigenvalue weighted by Gasteiger charge is -2.24. The van der Waals surface area contributed by atoms with Crippen molar-refractivity contribution in [2.45, 2.75) is 38.3 Å². The molecule has 1 rings (SSSR count). The SMILES string of the molecule is CCC1CCCN1C[C@@H](O)C(N)=O. The maximum atomic E-state index is 10.6. The van der Waals surface area contributed by atoms with Crippen molar-refractivity contribution in [3.05, 3.63) is 0 Å².